The molecule has 0 aromatic carbocycles. The largest absolute Gasteiger partial charge is 0.449 e. The fourth-order valence-electron chi connectivity index (χ4n) is 1.25. The van der Waals surface area contributed by atoms with Gasteiger partial charge in [0, 0.05) is 12.3 Å². The van der Waals surface area contributed by atoms with Crippen molar-refractivity contribution in [3.63, 3.8) is 0 Å². The molecule has 0 aliphatic rings. The summed E-state index contributed by atoms with van der Waals surface area (Å²) in [4.78, 5) is 19.6. The molecule has 1 heterocycles. The fraction of sp³-hybridized carbons (Fsp3) is 0.235. The average molecular weight is 312 g/mol. The molecule has 0 spiro atoms. The summed E-state index contributed by atoms with van der Waals surface area (Å²) in [6.07, 6.45) is 10.1. The molecule has 0 radical (unpaired) electrons. The van der Waals surface area contributed by atoms with Crippen LogP contribution in [0.3, 0.4) is 0 Å². The quantitative estimate of drug-likeness (QED) is 0.214. The van der Waals surface area contributed by atoms with Gasteiger partial charge < -0.3 is 4.74 Å². The second-order valence-electron chi connectivity index (χ2n) is 3.90. The summed E-state index contributed by atoms with van der Waals surface area (Å²) >= 11 is 1.48. The van der Waals surface area contributed by atoms with Crippen LogP contribution in [0.15, 0.2) is 35.7 Å². The number of carbonyl (C=O) groups excluding carboxylic acids is 1. The zero-order chi connectivity index (χ0) is 16.2. The Morgan fingerprint density at radius 1 is 1.41 bits per heavy atom. The number of rotatable bonds is 4. The number of nitrogens with zero attached hydrogens (tertiary/aromatic N) is 2. The van der Waals surface area contributed by atoms with Crippen LogP contribution in [0.5, 0.6) is 0 Å². The lowest BCUT2D eigenvalue weighted by Crippen LogP contribution is -1.99. The minimum absolute atomic E-state index is 0.00852. The number of carbonyl (C=O) groups is 1. The molecule has 0 bridgehead atoms. The van der Waals surface area contributed by atoms with Crippen molar-refractivity contribution in [3.8, 4) is 23.7 Å². The van der Waals surface area contributed by atoms with E-state index in [1.165, 1.54) is 17.8 Å². The van der Waals surface area contributed by atoms with Crippen molar-refractivity contribution in [3.05, 3.63) is 41.8 Å². The number of hydrogen-bond donors (Lipinski definition) is 0. The maximum Gasteiger partial charge on any atom is 0.331 e. The molecule has 0 aliphatic carbocycles. The zero-order valence-corrected chi connectivity index (χ0v) is 13.5. The van der Waals surface area contributed by atoms with Gasteiger partial charge in [-0.1, -0.05) is 30.0 Å². The summed E-state index contributed by atoms with van der Waals surface area (Å²) in [5, 5.41) is 0.715. The molecular weight excluding hydrogens is 296 g/mol. The molecule has 1 aromatic heterocycles. The molecule has 112 valence electrons. The summed E-state index contributed by atoms with van der Waals surface area (Å²) in [7, 11) is 0. The third kappa shape index (κ3) is 6.78. The van der Waals surface area contributed by atoms with E-state index in [2.05, 4.69) is 33.6 Å². The maximum absolute atomic E-state index is 11.2. The monoisotopic (exact) mass is 312 g/mol. The van der Waals surface area contributed by atoms with Gasteiger partial charge in [0.05, 0.1) is 11.3 Å². The Morgan fingerprint density at radius 3 is 2.91 bits per heavy atom. The summed E-state index contributed by atoms with van der Waals surface area (Å²) in [5.41, 5.74) is 1.55. The van der Waals surface area contributed by atoms with E-state index in [-0.39, 0.29) is 6.61 Å². The van der Waals surface area contributed by atoms with Gasteiger partial charge in [0.25, 0.3) is 0 Å². The summed E-state index contributed by atoms with van der Waals surface area (Å²) in [5.74, 6) is 10.4. The summed E-state index contributed by atoms with van der Waals surface area (Å²) in [6.45, 7) is 3.74. The smallest absolute Gasteiger partial charge is 0.331 e. The Kier molecular flexibility index (Phi) is 8.18. The van der Waals surface area contributed by atoms with Gasteiger partial charge in [-0.15, -0.1) is 0 Å². The Labute approximate surface area is 135 Å². The SMILES string of the molecule is C/C=C/C=C/C(=O)OCC#CC#Cc1cnc(SC)nc1C. The predicted octanol–water partition coefficient (Wildman–Crippen LogP) is 2.54. The summed E-state index contributed by atoms with van der Waals surface area (Å²) in [6, 6.07) is 0. The lowest BCUT2D eigenvalue weighted by Gasteiger charge is -1.98. The van der Waals surface area contributed by atoms with E-state index in [9.17, 15) is 4.79 Å². The number of allylic oxidation sites excluding steroid dienone is 3. The Morgan fingerprint density at radius 2 is 2.23 bits per heavy atom. The first-order chi connectivity index (χ1) is 10.7. The van der Waals surface area contributed by atoms with Crippen LogP contribution in [-0.4, -0.2) is 28.8 Å². The van der Waals surface area contributed by atoms with E-state index >= 15 is 0 Å². The molecule has 0 N–H and O–H groups in total. The molecule has 5 heteroatoms. The van der Waals surface area contributed by atoms with Crippen LogP contribution in [0.2, 0.25) is 0 Å². The highest BCUT2D eigenvalue weighted by atomic mass is 32.2. The van der Waals surface area contributed by atoms with Gasteiger partial charge in [0.1, 0.15) is 0 Å². The Balaban J connectivity index is 2.50. The van der Waals surface area contributed by atoms with Crippen molar-refractivity contribution >= 4 is 17.7 Å². The highest BCUT2D eigenvalue weighted by Gasteiger charge is 1.99. The second-order valence-corrected chi connectivity index (χ2v) is 4.67. The fourth-order valence-corrected chi connectivity index (χ4v) is 1.63. The third-order valence-corrected chi connectivity index (χ3v) is 2.87. The van der Waals surface area contributed by atoms with Crippen molar-refractivity contribution in [2.24, 2.45) is 0 Å². The highest BCUT2D eigenvalue weighted by Crippen LogP contribution is 2.10. The minimum Gasteiger partial charge on any atom is -0.449 e. The van der Waals surface area contributed by atoms with E-state index in [0.29, 0.717) is 5.16 Å². The highest BCUT2D eigenvalue weighted by molar-refractivity contribution is 7.98. The normalized spacial score (nSPS) is 9.95. The molecule has 4 nitrogen and oxygen atoms in total. The van der Waals surface area contributed by atoms with Crippen LogP contribution in [0.4, 0.5) is 0 Å². The Hall–Kier alpha value is -2.50. The minimum atomic E-state index is -0.433. The van der Waals surface area contributed by atoms with E-state index in [4.69, 9.17) is 4.74 Å². The molecule has 0 amide bonds. The van der Waals surface area contributed by atoms with E-state index in [0.717, 1.165) is 11.3 Å². The van der Waals surface area contributed by atoms with Gasteiger partial charge >= 0.3 is 5.97 Å². The van der Waals surface area contributed by atoms with Crippen LogP contribution in [-0.2, 0) is 9.53 Å². The van der Waals surface area contributed by atoms with Gasteiger partial charge in [0.2, 0.25) is 0 Å². The standard InChI is InChI=1S/C17H16N2O2S/c1-4-5-7-11-16(20)21-12-9-6-8-10-15-13-18-17(22-3)19-14(15)2/h4-5,7,11,13H,12H2,1-3H3/b5-4+,11-7+. The number of aromatic nitrogens is 2. The van der Waals surface area contributed by atoms with Gasteiger partial charge in [-0.3, -0.25) is 0 Å². The lowest BCUT2D eigenvalue weighted by atomic mass is 10.2. The van der Waals surface area contributed by atoms with Crippen LogP contribution >= 0.6 is 11.8 Å². The molecule has 1 aromatic rings. The number of ether oxygens (including phenoxy) is 1. The average Bonchev–Trinajstić information content (AvgIpc) is 2.52. The predicted molar refractivity (Wildman–Crippen MR) is 88.1 cm³/mol. The third-order valence-electron chi connectivity index (χ3n) is 2.31. The maximum atomic E-state index is 11.2. The molecule has 0 unspecified atom stereocenters. The first-order valence-electron chi connectivity index (χ1n) is 6.50. The number of aryl methyl sites for hydroxylation is 1. The number of esters is 1. The van der Waals surface area contributed by atoms with Crippen molar-refractivity contribution < 1.29 is 9.53 Å². The molecular formula is C17H16N2O2S. The van der Waals surface area contributed by atoms with E-state index in [1.807, 2.05) is 26.2 Å². The molecule has 0 saturated heterocycles. The van der Waals surface area contributed by atoms with Gasteiger partial charge in [-0.2, -0.15) is 0 Å². The molecule has 0 saturated carbocycles. The van der Waals surface area contributed by atoms with Crippen LogP contribution < -0.4 is 0 Å². The summed E-state index contributed by atoms with van der Waals surface area (Å²) < 4.78 is 4.87. The van der Waals surface area contributed by atoms with Crippen molar-refractivity contribution in [1.82, 2.24) is 9.97 Å². The van der Waals surface area contributed by atoms with Gasteiger partial charge in [-0.05, 0) is 43.8 Å². The molecule has 0 atom stereocenters. The number of hydrogen-bond acceptors (Lipinski definition) is 5. The van der Waals surface area contributed by atoms with Gasteiger partial charge in [0.15, 0.2) is 11.8 Å². The van der Waals surface area contributed by atoms with Crippen LogP contribution in [0.1, 0.15) is 18.2 Å². The van der Waals surface area contributed by atoms with E-state index in [1.54, 1.807) is 18.3 Å². The Bertz CT molecular complexity index is 701. The number of thioether (sulfide) groups is 1. The van der Waals surface area contributed by atoms with Crippen molar-refractivity contribution in [2.45, 2.75) is 19.0 Å². The molecule has 1 rings (SSSR count). The molecule has 22 heavy (non-hydrogen) atoms. The second kappa shape index (κ2) is 10.3. The van der Waals surface area contributed by atoms with Crippen molar-refractivity contribution in [1.29, 1.82) is 0 Å². The molecule has 0 aliphatic heterocycles. The van der Waals surface area contributed by atoms with Crippen LogP contribution in [0.25, 0.3) is 0 Å². The first-order valence-corrected chi connectivity index (χ1v) is 7.72. The topological polar surface area (TPSA) is 52.1 Å². The van der Waals surface area contributed by atoms with E-state index < -0.39 is 5.97 Å². The zero-order valence-electron chi connectivity index (χ0n) is 12.7. The van der Waals surface area contributed by atoms with Crippen LogP contribution in [0, 0.1) is 30.6 Å². The first kappa shape index (κ1) is 17.6. The van der Waals surface area contributed by atoms with Crippen molar-refractivity contribution in [2.75, 3.05) is 12.9 Å². The molecule has 0 fully saturated rings. The van der Waals surface area contributed by atoms with Gasteiger partial charge in [-0.25, -0.2) is 14.8 Å². The lowest BCUT2D eigenvalue weighted by molar-refractivity contribution is -0.136.